The molecule has 1 aliphatic heterocycles. The lowest BCUT2D eigenvalue weighted by atomic mass is 9.94. The van der Waals surface area contributed by atoms with Crippen LogP contribution < -0.4 is 18.9 Å². The third-order valence-electron chi connectivity index (χ3n) is 5.95. The van der Waals surface area contributed by atoms with Crippen LogP contribution in [0.2, 0.25) is 0 Å². The minimum atomic E-state index is -0.812. The molecular formula is C27H34N2O7. The van der Waals surface area contributed by atoms with Crippen LogP contribution in [-0.4, -0.2) is 81.7 Å². The molecule has 3 rings (SSSR count). The van der Waals surface area contributed by atoms with Crippen molar-refractivity contribution in [1.29, 1.82) is 0 Å². The summed E-state index contributed by atoms with van der Waals surface area (Å²) in [5.74, 6) is 0.190. The van der Waals surface area contributed by atoms with Crippen molar-refractivity contribution in [3.8, 4) is 23.0 Å². The smallest absolute Gasteiger partial charge is 0.295 e. The zero-order chi connectivity index (χ0) is 26.4. The predicted molar refractivity (Wildman–Crippen MR) is 136 cm³/mol. The number of benzene rings is 2. The maximum Gasteiger partial charge on any atom is 0.295 e. The molecule has 1 aliphatic rings. The Balaban J connectivity index is 2.19. The first-order valence-corrected chi connectivity index (χ1v) is 11.7. The highest BCUT2D eigenvalue weighted by molar-refractivity contribution is 6.46. The second-order valence-corrected chi connectivity index (χ2v) is 8.62. The third kappa shape index (κ3) is 5.41. The number of nitrogens with zero attached hydrogens (tertiary/aromatic N) is 2. The Kier molecular flexibility index (Phi) is 8.82. The lowest BCUT2D eigenvalue weighted by Crippen LogP contribution is -2.35. The number of aliphatic hydroxyl groups excluding tert-OH is 1. The molecular weight excluding hydrogens is 464 g/mol. The fourth-order valence-corrected chi connectivity index (χ4v) is 4.09. The SMILES string of the molecule is CCCOc1cc(C2/C(=C(/O)c3ccc(OC)c(OC)c3)C(=O)C(=O)N2CCN(C)C)ccc1OC. The highest BCUT2D eigenvalue weighted by Crippen LogP contribution is 2.42. The van der Waals surface area contributed by atoms with Gasteiger partial charge in [0, 0.05) is 18.7 Å². The number of carbonyl (C=O) groups is 2. The Hall–Kier alpha value is -3.72. The first-order chi connectivity index (χ1) is 17.3. The molecule has 1 unspecified atom stereocenters. The van der Waals surface area contributed by atoms with Crippen molar-refractivity contribution < 1.29 is 33.6 Å². The van der Waals surface area contributed by atoms with Crippen LogP contribution in [0.15, 0.2) is 42.0 Å². The van der Waals surface area contributed by atoms with E-state index < -0.39 is 17.7 Å². The number of methoxy groups -OCH3 is 3. The molecule has 0 bridgehead atoms. The molecule has 2 aromatic rings. The van der Waals surface area contributed by atoms with Gasteiger partial charge in [0.15, 0.2) is 23.0 Å². The second kappa shape index (κ2) is 11.8. The molecule has 1 saturated heterocycles. The number of hydrogen-bond donors (Lipinski definition) is 1. The minimum absolute atomic E-state index is 0.00224. The van der Waals surface area contributed by atoms with E-state index >= 15 is 0 Å². The minimum Gasteiger partial charge on any atom is -0.507 e. The van der Waals surface area contributed by atoms with Crippen molar-refractivity contribution in [1.82, 2.24) is 9.80 Å². The molecule has 2 aromatic carbocycles. The summed E-state index contributed by atoms with van der Waals surface area (Å²) in [6.45, 7) is 3.30. The number of Topliss-reactive ketones (excluding diaryl/α,β-unsaturated/α-hetero) is 1. The Labute approximate surface area is 211 Å². The Bertz CT molecular complexity index is 1140. The van der Waals surface area contributed by atoms with Crippen molar-refractivity contribution in [2.75, 3.05) is 55.1 Å². The van der Waals surface area contributed by atoms with Gasteiger partial charge < -0.3 is 33.9 Å². The zero-order valence-electron chi connectivity index (χ0n) is 21.7. The molecule has 36 heavy (non-hydrogen) atoms. The maximum absolute atomic E-state index is 13.3. The van der Waals surface area contributed by atoms with E-state index in [9.17, 15) is 14.7 Å². The predicted octanol–water partition coefficient (Wildman–Crippen LogP) is 3.48. The molecule has 1 fully saturated rings. The standard InChI is InChI=1S/C27H34N2O7/c1-7-14-36-22-15-17(8-10-20(22)34-5)24-23(26(31)27(32)29(24)13-12-28(2)3)25(30)18-9-11-19(33-4)21(16-18)35-6/h8-11,15-16,24,30H,7,12-14H2,1-6H3/b25-23-. The quantitative estimate of drug-likeness (QED) is 0.286. The molecule has 0 spiro atoms. The maximum atomic E-state index is 13.3. The topological polar surface area (TPSA) is 97.8 Å². The normalized spacial score (nSPS) is 17.0. The van der Waals surface area contributed by atoms with Gasteiger partial charge in [-0.15, -0.1) is 0 Å². The zero-order valence-corrected chi connectivity index (χ0v) is 21.7. The first kappa shape index (κ1) is 26.9. The van der Waals surface area contributed by atoms with Gasteiger partial charge in [0.25, 0.3) is 11.7 Å². The number of likely N-dealkylation sites (N-methyl/N-ethyl adjacent to an activating group) is 1. The van der Waals surface area contributed by atoms with Crippen molar-refractivity contribution in [3.05, 3.63) is 53.1 Å². The van der Waals surface area contributed by atoms with E-state index in [0.717, 1.165) is 6.42 Å². The van der Waals surface area contributed by atoms with Gasteiger partial charge in [-0.25, -0.2) is 0 Å². The number of aliphatic hydroxyl groups is 1. The number of ether oxygens (including phenoxy) is 4. The van der Waals surface area contributed by atoms with Crippen molar-refractivity contribution in [3.63, 3.8) is 0 Å². The molecule has 9 nitrogen and oxygen atoms in total. The average molecular weight is 499 g/mol. The molecule has 1 amide bonds. The van der Waals surface area contributed by atoms with Gasteiger partial charge in [0.05, 0.1) is 39.6 Å². The highest BCUT2D eigenvalue weighted by atomic mass is 16.5. The Morgan fingerprint density at radius 3 is 2.19 bits per heavy atom. The van der Waals surface area contributed by atoms with Crippen molar-refractivity contribution in [2.24, 2.45) is 0 Å². The van der Waals surface area contributed by atoms with Crippen LogP contribution in [0.25, 0.3) is 5.76 Å². The number of carbonyl (C=O) groups excluding carboxylic acids is 2. The van der Waals surface area contributed by atoms with Gasteiger partial charge in [-0.05, 0) is 56.4 Å². The van der Waals surface area contributed by atoms with Crippen LogP contribution in [0.4, 0.5) is 0 Å². The van der Waals surface area contributed by atoms with E-state index in [2.05, 4.69) is 0 Å². The number of rotatable bonds is 11. The van der Waals surface area contributed by atoms with E-state index in [4.69, 9.17) is 18.9 Å². The summed E-state index contributed by atoms with van der Waals surface area (Å²) in [5.41, 5.74) is 0.957. The third-order valence-corrected chi connectivity index (χ3v) is 5.95. The molecule has 194 valence electrons. The summed E-state index contributed by atoms with van der Waals surface area (Å²) >= 11 is 0. The van der Waals surface area contributed by atoms with E-state index in [1.54, 1.807) is 43.5 Å². The van der Waals surface area contributed by atoms with Crippen molar-refractivity contribution in [2.45, 2.75) is 19.4 Å². The Morgan fingerprint density at radius 1 is 0.944 bits per heavy atom. The molecule has 9 heteroatoms. The summed E-state index contributed by atoms with van der Waals surface area (Å²) in [5, 5.41) is 11.3. The molecule has 0 aliphatic carbocycles. The lowest BCUT2D eigenvalue weighted by molar-refractivity contribution is -0.140. The van der Waals surface area contributed by atoms with E-state index in [1.165, 1.54) is 19.1 Å². The van der Waals surface area contributed by atoms with Gasteiger partial charge >= 0.3 is 0 Å². The van der Waals surface area contributed by atoms with Crippen LogP contribution in [0.5, 0.6) is 23.0 Å². The summed E-state index contributed by atoms with van der Waals surface area (Å²) in [6.07, 6.45) is 0.800. The average Bonchev–Trinajstić information content (AvgIpc) is 3.14. The van der Waals surface area contributed by atoms with E-state index in [1.807, 2.05) is 25.9 Å². The van der Waals surface area contributed by atoms with Crippen molar-refractivity contribution >= 4 is 17.4 Å². The van der Waals surface area contributed by atoms with Crippen LogP contribution >= 0.6 is 0 Å². The number of likely N-dealkylation sites (tertiary alicyclic amines) is 1. The summed E-state index contributed by atoms with van der Waals surface area (Å²) in [4.78, 5) is 29.9. The van der Waals surface area contributed by atoms with Gasteiger partial charge in [-0.2, -0.15) is 0 Å². The van der Waals surface area contributed by atoms with Crippen LogP contribution in [0.1, 0.15) is 30.5 Å². The number of amides is 1. The molecule has 0 radical (unpaired) electrons. The highest BCUT2D eigenvalue weighted by Gasteiger charge is 2.46. The number of hydrogen-bond acceptors (Lipinski definition) is 8. The van der Waals surface area contributed by atoms with E-state index in [-0.39, 0.29) is 11.3 Å². The molecule has 0 aromatic heterocycles. The molecule has 0 saturated carbocycles. The fraction of sp³-hybridized carbons (Fsp3) is 0.407. The second-order valence-electron chi connectivity index (χ2n) is 8.62. The largest absolute Gasteiger partial charge is 0.507 e. The van der Waals surface area contributed by atoms with Gasteiger partial charge in [-0.1, -0.05) is 13.0 Å². The number of ketones is 1. The lowest BCUT2D eigenvalue weighted by Gasteiger charge is -2.27. The van der Waals surface area contributed by atoms with Crippen LogP contribution in [0, 0.1) is 0 Å². The summed E-state index contributed by atoms with van der Waals surface area (Å²) in [7, 11) is 8.32. The summed E-state index contributed by atoms with van der Waals surface area (Å²) in [6, 6.07) is 9.28. The van der Waals surface area contributed by atoms with Gasteiger partial charge in [-0.3, -0.25) is 9.59 Å². The van der Waals surface area contributed by atoms with Crippen LogP contribution in [0.3, 0.4) is 0 Å². The van der Waals surface area contributed by atoms with Gasteiger partial charge in [0.1, 0.15) is 5.76 Å². The Morgan fingerprint density at radius 2 is 1.58 bits per heavy atom. The summed E-state index contributed by atoms with van der Waals surface area (Å²) < 4.78 is 21.9. The fourth-order valence-electron chi connectivity index (χ4n) is 4.09. The van der Waals surface area contributed by atoms with Gasteiger partial charge in [0.2, 0.25) is 0 Å². The molecule has 1 N–H and O–H groups in total. The monoisotopic (exact) mass is 498 g/mol. The van der Waals surface area contributed by atoms with Crippen LogP contribution in [-0.2, 0) is 9.59 Å². The molecule has 1 heterocycles. The first-order valence-electron chi connectivity index (χ1n) is 11.7. The molecule has 1 atom stereocenters. The van der Waals surface area contributed by atoms with E-state index in [0.29, 0.717) is 53.8 Å².